The van der Waals surface area contributed by atoms with Crippen molar-refractivity contribution in [1.82, 2.24) is 9.78 Å². The number of hydrogen-bond donors (Lipinski definition) is 1. The van der Waals surface area contributed by atoms with Crippen molar-refractivity contribution >= 4 is 33.5 Å². The molecule has 0 aliphatic heterocycles. The van der Waals surface area contributed by atoms with Crippen molar-refractivity contribution in [2.75, 3.05) is 0 Å². The van der Waals surface area contributed by atoms with Crippen molar-refractivity contribution in [2.24, 2.45) is 0 Å². The number of carbonyl (C=O) groups is 1. The summed E-state index contributed by atoms with van der Waals surface area (Å²) in [5.74, 6) is -1.07. The minimum atomic E-state index is -1.07. The molecule has 0 atom stereocenters. The number of carboxylic acids is 1. The molecule has 1 aromatic carbocycles. The Hall–Kier alpha value is -1.33. The molecule has 0 aliphatic carbocycles. The van der Waals surface area contributed by atoms with Gasteiger partial charge in [-0.15, -0.1) is 0 Å². The summed E-state index contributed by atoms with van der Waals surface area (Å²) < 4.78 is 2.39. The molecule has 0 unspecified atom stereocenters. The number of aromatic nitrogens is 2. The zero-order chi connectivity index (χ0) is 15.1. The molecular formula is C14H14BrClN2O2. The number of aromatic carboxylic acids is 1. The van der Waals surface area contributed by atoms with E-state index < -0.39 is 11.4 Å². The summed E-state index contributed by atoms with van der Waals surface area (Å²) in [5.41, 5.74) is 0.842. The summed E-state index contributed by atoms with van der Waals surface area (Å²) in [6.45, 7) is 5.72. The van der Waals surface area contributed by atoms with E-state index in [1.54, 1.807) is 0 Å². The summed E-state index contributed by atoms with van der Waals surface area (Å²) in [6.07, 6.45) is 0. The van der Waals surface area contributed by atoms with Crippen molar-refractivity contribution in [3.63, 3.8) is 0 Å². The zero-order valence-electron chi connectivity index (χ0n) is 11.3. The van der Waals surface area contributed by atoms with Crippen LogP contribution >= 0.6 is 27.5 Å². The lowest BCUT2D eigenvalue weighted by molar-refractivity contribution is 0.0694. The Labute approximate surface area is 130 Å². The van der Waals surface area contributed by atoms with Crippen LogP contribution in [0.2, 0.25) is 5.15 Å². The molecule has 6 heteroatoms. The van der Waals surface area contributed by atoms with Crippen molar-refractivity contribution in [3.05, 3.63) is 45.1 Å². The van der Waals surface area contributed by atoms with Crippen molar-refractivity contribution in [3.8, 4) is 5.69 Å². The fraction of sp³-hybridized carbons (Fsp3) is 0.286. The Morgan fingerprint density at radius 3 is 2.25 bits per heavy atom. The van der Waals surface area contributed by atoms with Gasteiger partial charge in [0.1, 0.15) is 10.7 Å². The Balaban J connectivity index is 2.67. The maximum atomic E-state index is 11.4. The van der Waals surface area contributed by atoms with Crippen LogP contribution in [0.5, 0.6) is 0 Å². The monoisotopic (exact) mass is 356 g/mol. The van der Waals surface area contributed by atoms with E-state index in [1.165, 1.54) is 4.68 Å². The van der Waals surface area contributed by atoms with Gasteiger partial charge < -0.3 is 5.11 Å². The first-order chi connectivity index (χ1) is 9.21. The van der Waals surface area contributed by atoms with Gasteiger partial charge >= 0.3 is 5.97 Å². The van der Waals surface area contributed by atoms with Crippen molar-refractivity contribution in [1.29, 1.82) is 0 Å². The average Bonchev–Trinajstić information content (AvgIpc) is 2.68. The van der Waals surface area contributed by atoms with Gasteiger partial charge in [0, 0.05) is 9.89 Å². The van der Waals surface area contributed by atoms with E-state index in [4.69, 9.17) is 11.6 Å². The largest absolute Gasteiger partial charge is 0.478 e. The second-order valence-electron chi connectivity index (χ2n) is 5.46. The van der Waals surface area contributed by atoms with E-state index in [-0.39, 0.29) is 10.7 Å². The smallest absolute Gasteiger partial charge is 0.340 e. The van der Waals surface area contributed by atoms with Gasteiger partial charge in [-0.1, -0.05) is 48.3 Å². The number of hydrogen-bond acceptors (Lipinski definition) is 2. The van der Waals surface area contributed by atoms with Crippen LogP contribution in [0.15, 0.2) is 28.7 Å². The fourth-order valence-corrected chi connectivity index (χ4v) is 2.44. The molecule has 0 bridgehead atoms. The molecule has 0 radical (unpaired) electrons. The van der Waals surface area contributed by atoms with Crippen LogP contribution in [0, 0.1) is 0 Å². The highest BCUT2D eigenvalue weighted by Crippen LogP contribution is 2.31. The minimum absolute atomic E-state index is 0.0575. The number of rotatable bonds is 2. The molecular weight excluding hydrogens is 344 g/mol. The molecule has 0 spiro atoms. The van der Waals surface area contributed by atoms with Crippen molar-refractivity contribution < 1.29 is 9.90 Å². The standard InChI is InChI=1S/C14H14BrClN2O2/c1-14(2,3)11-10(13(19)20)12(16)18(17-11)9-6-4-8(15)5-7-9/h4-7H,1-3H3,(H,19,20). The molecule has 0 aliphatic rings. The third kappa shape index (κ3) is 2.74. The molecule has 0 saturated carbocycles. The second-order valence-corrected chi connectivity index (χ2v) is 6.73. The van der Waals surface area contributed by atoms with Gasteiger partial charge in [0.2, 0.25) is 0 Å². The summed E-state index contributed by atoms with van der Waals surface area (Å²) in [7, 11) is 0. The van der Waals surface area contributed by atoms with E-state index in [1.807, 2.05) is 45.0 Å². The molecule has 106 valence electrons. The van der Waals surface area contributed by atoms with E-state index in [0.29, 0.717) is 5.69 Å². The van der Waals surface area contributed by atoms with Crippen LogP contribution in [-0.2, 0) is 5.41 Å². The van der Waals surface area contributed by atoms with Gasteiger partial charge in [-0.2, -0.15) is 5.10 Å². The van der Waals surface area contributed by atoms with Crippen LogP contribution in [-0.4, -0.2) is 20.9 Å². The van der Waals surface area contributed by atoms with E-state index in [2.05, 4.69) is 21.0 Å². The summed E-state index contributed by atoms with van der Waals surface area (Å²) in [6, 6.07) is 7.34. The Morgan fingerprint density at radius 2 is 1.85 bits per heavy atom. The summed E-state index contributed by atoms with van der Waals surface area (Å²) in [4.78, 5) is 11.4. The lowest BCUT2D eigenvalue weighted by Crippen LogP contribution is -2.16. The summed E-state index contributed by atoms with van der Waals surface area (Å²) in [5, 5.41) is 13.9. The first-order valence-corrected chi connectivity index (χ1v) is 7.17. The van der Waals surface area contributed by atoms with Gasteiger partial charge in [0.25, 0.3) is 0 Å². The number of carboxylic acid groups (broad SMARTS) is 1. The third-order valence-corrected chi connectivity index (χ3v) is 3.70. The van der Waals surface area contributed by atoms with Crippen LogP contribution < -0.4 is 0 Å². The maximum absolute atomic E-state index is 11.4. The van der Waals surface area contributed by atoms with Gasteiger partial charge in [-0.3, -0.25) is 0 Å². The predicted molar refractivity (Wildman–Crippen MR) is 81.9 cm³/mol. The molecule has 2 aromatic rings. The highest BCUT2D eigenvalue weighted by atomic mass is 79.9. The molecule has 1 aromatic heterocycles. The number of halogens is 2. The third-order valence-electron chi connectivity index (χ3n) is 2.82. The van der Waals surface area contributed by atoms with Crippen LogP contribution in [0.25, 0.3) is 5.69 Å². The molecule has 20 heavy (non-hydrogen) atoms. The summed E-state index contributed by atoms with van der Waals surface area (Å²) >= 11 is 9.57. The Morgan fingerprint density at radius 1 is 1.30 bits per heavy atom. The van der Waals surface area contributed by atoms with Crippen molar-refractivity contribution in [2.45, 2.75) is 26.2 Å². The van der Waals surface area contributed by atoms with E-state index in [9.17, 15) is 9.90 Å². The number of benzene rings is 1. The lowest BCUT2D eigenvalue weighted by atomic mass is 9.89. The molecule has 0 amide bonds. The molecule has 1 heterocycles. The van der Waals surface area contributed by atoms with Crippen LogP contribution in [0.4, 0.5) is 0 Å². The highest BCUT2D eigenvalue weighted by molar-refractivity contribution is 9.10. The Bertz CT molecular complexity index is 657. The molecule has 2 rings (SSSR count). The van der Waals surface area contributed by atoms with Gasteiger partial charge in [0.15, 0.2) is 0 Å². The van der Waals surface area contributed by atoms with Crippen LogP contribution in [0.3, 0.4) is 0 Å². The lowest BCUT2D eigenvalue weighted by Gasteiger charge is -2.15. The average molecular weight is 358 g/mol. The second kappa shape index (κ2) is 5.22. The normalized spacial score (nSPS) is 11.7. The SMILES string of the molecule is CC(C)(C)c1nn(-c2ccc(Br)cc2)c(Cl)c1C(=O)O. The molecule has 1 N–H and O–H groups in total. The van der Waals surface area contributed by atoms with E-state index in [0.717, 1.165) is 10.2 Å². The predicted octanol–water partition coefficient (Wildman–Crippen LogP) is 4.28. The quantitative estimate of drug-likeness (QED) is 0.872. The maximum Gasteiger partial charge on any atom is 0.340 e. The van der Waals surface area contributed by atoms with Gasteiger partial charge in [-0.05, 0) is 24.3 Å². The first kappa shape index (κ1) is 15.1. The fourth-order valence-electron chi connectivity index (χ4n) is 1.87. The molecule has 0 fully saturated rings. The molecule has 0 saturated heterocycles. The highest BCUT2D eigenvalue weighted by Gasteiger charge is 2.30. The number of nitrogens with zero attached hydrogens (tertiary/aromatic N) is 2. The Kier molecular flexibility index (Phi) is 3.93. The van der Waals surface area contributed by atoms with Gasteiger partial charge in [-0.25, -0.2) is 9.48 Å². The zero-order valence-corrected chi connectivity index (χ0v) is 13.7. The van der Waals surface area contributed by atoms with Crippen LogP contribution in [0.1, 0.15) is 36.8 Å². The minimum Gasteiger partial charge on any atom is -0.478 e. The first-order valence-electron chi connectivity index (χ1n) is 6.00. The van der Waals surface area contributed by atoms with E-state index >= 15 is 0 Å². The topological polar surface area (TPSA) is 55.1 Å². The molecule has 4 nitrogen and oxygen atoms in total. The van der Waals surface area contributed by atoms with Gasteiger partial charge in [0.05, 0.1) is 11.4 Å².